The van der Waals surface area contributed by atoms with Gasteiger partial charge in [-0.1, -0.05) is 22.9 Å². The standard InChI is InChI=1S/C10H17ClN2O2S/c1-4-13(6-10(2,3)15)9-12-8(11)7(5-14)16-9/h14-15H,4-6H2,1-3H3. The molecule has 0 aliphatic rings. The molecule has 2 N–H and O–H groups in total. The Morgan fingerprint density at radius 2 is 2.12 bits per heavy atom. The highest BCUT2D eigenvalue weighted by atomic mass is 35.5. The van der Waals surface area contributed by atoms with Crippen LogP contribution in [0.2, 0.25) is 5.15 Å². The molecule has 0 aliphatic heterocycles. The van der Waals surface area contributed by atoms with Crippen molar-refractivity contribution in [1.82, 2.24) is 4.98 Å². The second kappa shape index (κ2) is 5.31. The average molecular weight is 265 g/mol. The van der Waals surface area contributed by atoms with Crippen LogP contribution in [0.3, 0.4) is 0 Å². The number of aliphatic hydroxyl groups is 2. The van der Waals surface area contributed by atoms with Crippen LogP contribution in [0.25, 0.3) is 0 Å². The summed E-state index contributed by atoms with van der Waals surface area (Å²) in [4.78, 5) is 6.77. The van der Waals surface area contributed by atoms with E-state index < -0.39 is 5.60 Å². The van der Waals surface area contributed by atoms with Gasteiger partial charge in [-0.2, -0.15) is 0 Å². The van der Waals surface area contributed by atoms with Crippen LogP contribution >= 0.6 is 22.9 Å². The molecule has 0 atom stereocenters. The van der Waals surface area contributed by atoms with Crippen molar-refractivity contribution in [3.63, 3.8) is 0 Å². The molecule has 1 rings (SSSR count). The summed E-state index contributed by atoms with van der Waals surface area (Å²) in [5.41, 5.74) is -0.784. The first-order valence-electron chi connectivity index (χ1n) is 5.10. The molecular weight excluding hydrogens is 248 g/mol. The number of hydrogen-bond acceptors (Lipinski definition) is 5. The molecule has 0 aromatic carbocycles. The number of likely N-dealkylation sites (N-methyl/N-ethyl adjacent to an activating group) is 1. The van der Waals surface area contributed by atoms with Gasteiger partial charge in [0.1, 0.15) is 5.15 Å². The highest BCUT2D eigenvalue weighted by Gasteiger charge is 2.20. The molecule has 0 spiro atoms. The first-order chi connectivity index (χ1) is 7.37. The van der Waals surface area contributed by atoms with E-state index in [4.69, 9.17) is 16.7 Å². The Morgan fingerprint density at radius 1 is 1.50 bits per heavy atom. The number of anilines is 1. The summed E-state index contributed by atoms with van der Waals surface area (Å²) in [6.45, 7) is 6.60. The van der Waals surface area contributed by atoms with Crippen LogP contribution in [0.4, 0.5) is 5.13 Å². The van der Waals surface area contributed by atoms with Crippen LogP contribution in [0, 0.1) is 0 Å². The lowest BCUT2D eigenvalue weighted by Crippen LogP contribution is -2.38. The van der Waals surface area contributed by atoms with Gasteiger partial charge in [-0.3, -0.25) is 0 Å². The molecule has 0 aliphatic carbocycles. The fraction of sp³-hybridized carbons (Fsp3) is 0.700. The van der Waals surface area contributed by atoms with Crippen molar-refractivity contribution in [2.45, 2.75) is 33.0 Å². The van der Waals surface area contributed by atoms with E-state index in [-0.39, 0.29) is 6.61 Å². The molecule has 4 nitrogen and oxygen atoms in total. The summed E-state index contributed by atoms with van der Waals surface area (Å²) >= 11 is 7.22. The zero-order valence-corrected chi connectivity index (χ0v) is 11.3. The molecule has 1 aromatic heterocycles. The largest absolute Gasteiger partial charge is 0.391 e. The molecule has 0 saturated heterocycles. The molecule has 1 heterocycles. The Hall–Kier alpha value is -0.360. The Balaban J connectivity index is 2.87. The highest BCUT2D eigenvalue weighted by molar-refractivity contribution is 7.16. The molecule has 0 unspecified atom stereocenters. The highest BCUT2D eigenvalue weighted by Crippen LogP contribution is 2.30. The van der Waals surface area contributed by atoms with Crippen molar-refractivity contribution < 1.29 is 10.2 Å². The third kappa shape index (κ3) is 3.59. The van der Waals surface area contributed by atoms with Gasteiger partial charge in [0.05, 0.1) is 17.1 Å². The number of aliphatic hydroxyl groups excluding tert-OH is 1. The van der Waals surface area contributed by atoms with Crippen LogP contribution in [-0.4, -0.2) is 33.9 Å². The Kier molecular flexibility index (Phi) is 4.55. The minimum Gasteiger partial charge on any atom is -0.391 e. The van der Waals surface area contributed by atoms with Gasteiger partial charge in [-0.15, -0.1) is 0 Å². The first-order valence-corrected chi connectivity index (χ1v) is 6.30. The number of aromatic nitrogens is 1. The molecule has 0 radical (unpaired) electrons. The van der Waals surface area contributed by atoms with Crippen molar-refractivity contribution in [2.24, 2.45) is 0 Å². The van der Waals surface area contributed by atoms with Crippen LogP contribution in [-0.2, 0) is 6.61 Å². The molecular formula is C10H17ClN2O2S. The predicted molar refractivity (Wildman–Crippen MR) is 67.2 cm³/mol. The maximum absolute atomic E-state index is 9.77. The predicted octanol–water partition coefficient (Wildman–Crippen LogP) is 1.89. The van der Waals surface area contributed by atoms with E-state index in [1.54, 1.807) is 13.8 Å². The molecule has 0 bridgehead atoms. The van der Waals surface area contributed by atoms with Crippen LogP contribution < -0.4 is 4.90 Å². The Labute approximate surface area is 104 Å². The molecule has 0 saturated carbocycles. The lowest BCUT2D eigenvalue weighted by Gasteiger charge is -2.27. The zero-order chi connectivity index (χ0) is 12.3. The lowest BCUT2D eigenvalue weighted by atomic mass is 10.1. The second-order valence-electron chi connectivity index (χ2n) is 4.20. The van der Waals surface area contributed by atoms with E-state index in [0.29, 0.717) is 16.6 Å². The van der Waals surface area contributed by atoms with E-state index in [0.717, 1.165) is 11.7 Å². The number of rotatable bonds is 5. The second-order valence-corrected chi connectivity index (χ2v) is 5.62. The van der Waals surface area contributed by atoms with E-state index in [1.807, 2.05) is 11.8 Å². The number of thiazole rings is 1. The number of halogens is 1. The van der Waals surface area contributed by atoms with Gasteiger partial charge >= 0.3 is 0 Å². The molecule has 16 heavy (non-hydrogen) atoms. The monoisotopic (exact) mass is 264 g/mol. The fourth-order valence-corrected chi connectivity index (χ4v) is 2.52. The Morgan fingerprint density at radius 3 is 2.50 bits per heavy atom. The molecule has 92 valence electrons. The summed E-state index contributed by atoms with van der Waals surface area (Å²) in [7, 11) is 0. The van der Waals surface area contributed by atoms with Crippen molar-refractivity contribution >= 4 is 28.1 Å². The zero-order valence-electron chi connectivity index (χ0n) is 9.70. The summed E-state index contributed by atoms with van der Waals surface area (Å²) in [6.07, 6.45) is 0. The van der Waals surface area contributed by atoms with Crippen LogP contribution in [0.5, 0.6) is 0 Å². The van der Waals surface area contributed by atoms with Gasteiger partial charge < -0.3 is 15.1 Å². The molecule has 6 heteroatoms. The van der Waals surface area contributed by atoms with Gasteiger partial charge in [-0.05, 0) is 20.8 Å². The summed E-state index contributed by atoms with van der Waals surface area (Å²) in [6, 6.07) is 0. The molecule has 0 amide bonds. The first kappa shape index (κ1) is 13.7. The summed E-state index contributed by atoms with van der Waals surface area (Å²) in [5.74, 6) is 0. The van der Waals surface area contributed by atoms with E-state index in [2.05, 4.69) is 4.98 Å². The van der Waals surface area contributed by atoms with Gasteiger partial charge in [0.15, 0.2) is 5.13 Å². The fourth-order valence-electron chi connectivity index (χ4n) is 1.34. The van der Waals surface area contributed by atoms with Crippen LogP contribution in [0.1, 0.15) is 25.6 Å². The smallest absolute Gasteiger partial charge is 0.187 e. The van der Waals surface area contributed by atoms with Gasteiger partial charge in [0, 0.05) is 13.1 Å². The van der Waals surface area contributed by atoms with Gasteiger partial charge in [0.25, 0.3) is 0 Å². The van der Waals surface area contributed by atoms with Crippen molar-refractivity contribution in [3.05, 3.63) is 10.0 Å². The normalized spacial score (nSPS) is 11.9. The van der Waals surface area contributed by atoms with Gasteiger partial charge in [-0.25, -0.2) is 4.98 Å². The molecule has 1 aromatic rings. The van der Waals surface area contributed by atoms with Crippen LogP contribution in [0.15, 0.2) is 0 Å². The van der Waals surface area contributed by atoms with Gasteiger partial charge in [0.2, 0.25) is 0 Å². The SMILES string of the molecule is CCN(CC(C)(C)O)c1nc(Cl)c(CO)s1. The van der Waals surface area contributed by atoms with E-state index >= 15 is 0 Å². The molecule has 0 fully saturated rings. The summed E-state index contributed by atoms with van der Waals surface area (Å²) in [5, 5.41) is 19.9. The maximum Gasteiger partial charge on any atom is 0.187 e. The Bertz CT molecular complexity index is 349. The minimum absolute atomic E-state index is 0.101. The topological polar surface area (TPSA) is 56.6 Å². The minimum atomic E-state index is -0.784. The number of nitrogens with zero attached hydrogens (tertiary/aromatic N) is 2. The lowest BCUT2D eigenvalue weighted by molar-refractivity contribution is 0.0876. The van der Waals surface area contributed by atoms with Crippen molar-refractivity contribution in [1.29, 1.82) is 0 Å². The number of hydrogen-bond donors (Lipinski definition) is 2. The average Bonchev–Trinajstić information content (AvgIpc) is 2.54. The third-order valence-electron chi connectivity index (χ3n) is 2.01. The summed E-state index contributed by atoms with van der Waals surface area (Å²) < 4.78 is 0. The van der Waals surface area contributed by atoms with E-state index in [9.17, 15) is 5.11 Å². The van der Waals surface area contributed by atoms with E-state index in [1.165, 1.54) is 11.3 Å². The van der Waals surface area contributed by atoms with Crippen molar-refractivity contribution in [3.8, 4) is 0 Å². The quantitative estimate of drug-likeness (QED) is 0.853. The maximum atomic E-state index is 9.77. The van der Waals surface area contributed by atoms with Crippen molar-refractivity contribution in [2.75, 3.05) is 18.0 Å². The third-order valence-corrected chi connectivity index (χ3v) is 3.54.